The standard InChI is InChI=1S/C28H33ClN4O6/c1-33-23(27(36)31-17-20-9-2-4-10-22(20)29)18-39-26(33)16-21(14-13-19-8-3-5-11-24(19)34)32-25(35)12-6-7-15-30-28(37)38/h2-5,8-11,18,21,30H,6-7,12-17H2,1H3,(H3-,31,32,34,35,36,37,38)/p+1. The lowest BCUT2D eigenvalue weighted by molar-refractivity contribution is -0.684. The topological polar surface area (TPSA) is 145 Å². The van der Waals surface area contributed by atoms with Gasteiger partial charge in [-0.3, -0.25) is 9.59 Å². The number of oxazole rings is 1. The van der Waals surface area contributed by atoms with Gasteiger partial charge in [-0.1, -0.05) is 48.0 Å². The largest absolute Gasteiger partial charge is 0.508 e. The van der Waals surface area contributed by atoms with Crippen molar-refractivity contribution in [2.45, 2.75) is 51.1 Å². The van der Waals surface area contributed by atoms with Crippen LogP contribution < -0.4 is 20.5 Å². The summed E-state index contributed by atoms with van der Waals surface area (Å²) in [5, 5.41) is 27.5. The molecule has 3 rings (SSSR count). The molecule has 208 valence electrons. The molecule has 0 bridgehead atoms. The number of phenols is 1. The molecule has 2 aromatic carbocycles. The average molecular weight is 558 g/mol. The molecule has 1 unspecified atom stereocenters. The van der Waals surface area contributed by atoms with E-state index in [1.807, 2.05) is 30.3 Å². The SMILES string of the molecule is C[n+]1c(C(=O)NCc2ccccc2Cl)coc1CC(CCc1ccccc1O)NC(=O)CCCCNC(=O)O. The number of nitrogens with one attached hydrogen (secondary N) is 3. The number of rotatable bonds is 14. The van der Waals surface area contributed by atoms with Gasteiger partial charge >= 0.3 is 23.6 Å². The zero-order valence-electron chi connectivity index (χ0n) is 21.8. The number of carbonyl (C=O) groups is 3. The summed E-state index contributed by atoms with van der Waals surface area (Å²) in [4.78, 5) is 36.0. The van der Waals surface area contributed by atoms with Crippen molar-refractivity contribution in [3.05, 3.63) is 82.5 Å². The van der Waals surface area contributed by atoms with E-state index in [9.17, 15) is 19.5 Å². The monoisotopic (exact) mass is 557 g/mol. The molecule has 1 heterocycles. The fourth-order valence-corrected chi connectivity index (χ4v) is 4.31. The number of benzene rings is 2. The number of carbonyl (C=O) groups excluding carboxylic acids is 2. The van der Waals surface area contributed by atoms with Crippen molar-refractivity contribution < 1.29 is 33.6 Å². The van der Waals surface area contributed by atoms with Crippen LogP contribution in [0.15, 0.2) is 59.2 Å². The van der Waals surface area contributed by atoms with E-state index < -0.39 is 6.09 Å². The Morgan fingerprint density at radius 3 is 2.46 bits per heavy atom. The van der Waals surface area contributed by atoms with Crippen LogP contribution in [0.4, 0.5) is 4.79 Å². The molecule has 1 atom stereocenters. The molecule has 0 saturated heterocycles. The van der Waals surface area contributed by atoms with Gasteiger partial charge in [0.25, 0.3) is 0 Å². The minimum atomic E-state index is -1.09. The summed E-state index contributed by atoms with van der Waals surface area (Å²) in [5.41, 5.74) is 1.89. The maximum absolute atomic E-state index is 12.8. The van der Waals surface area contributed by atoms with Crippen LogP contribution in [0.3, 0.4) is 0 Å². The zero-order valence-corrected chi connectivity index (χ0v) is 22.5. The molecule has 1 aromatic heterocycles. The Hall–Kier alpha value is -4.05. The number of phenolic OH excluding ortho intramolecular Hbond substituents is 1. The van der Waals surface area contributed by atoms with Gasteiger partial charge in [-0.15, -0.1) is 0 Å². The molecule has 5 N–H and O–H groups in total. The molecule has 11 heteroatoms. The van der Waals surface area contributed by atoms with E-state index in [1.165, 1.54) is 6.26 Å². The number of nitrogens with zero attached hydrogens (tertiary/aromatic N) is 1. The van der Waals surface area contributed by atoms with Crippen molar-refractivity contribution in [3.8, 4) is 5.75 Å². The van der Waals surface area contributed by atoms with E-state index in [4.69, 9.17) is 21.1 Å². The molecular formula is C28H34ClN4O6+. The summed E-state index contributed by atoms with van der Waals surface area (Å²) < 4.78 is 7.38. The normalized spacial score (nSPS) is 11.5. The van der Waals surface area contributed by atoms with E-state index >= 15 is 0 Å². The van der Waals surface area contributed by atoms with Gasteiger partial charge in [0.2, 0.25) is 5.91 Å². The van der Waals surface area contributed by atoms with Crippen LogP contribution >= 0.6 is 11.6 Å². The first-order valence-electron chi connectivity index (χ1n) is 12.8. The third-order valence-electron chi connectivity index (χ3n) is 6.32. The van der Waals surface area contributed by atoms with Gasteiger partial charge in [0.05, 0.1) is 6.42 Å². The lowest BCUT2D eigenvalue weighted by Gasteiger charge is -2.17. The minimum absolute atomic E-state index is 0.167. The number of para-hydroxylation sites is 1. The summed E-state index contributed by atoms with van der Waals surface area (Å²) in [6, 6.07) is 14.0. The Bertz CT molecular complexity index is 1280. The summed E-state index contributed by atoms with van der Waals surface area (Å²) in [6.45, 7) is 0.545. The fraction of sp³-hybridized carbons (Fsp3) is 0.357. The molecule has 0 saturated carbocycles. The maximum Gasteiger partial charge on any atom is 0.404 e. The first-order chi connectivity index (χ1) is 18.7. The molecule has 3 amide bonds. The van der Waals surface area contributed by atoms with E-state index in [-0.39, 0.29) is 43.1 Å². The Balaban J connectivity index is 1.63. The van der Waals surface area contributed by atoms with E-state index in [2.05, 4.69) is 16.0 Å². The number of aromatic nitrogens is 1. The van der Waals surface area contributed by atoms with Crippen molar-refractivity contribution in [2.24, 2.45) is 7.05 Å². The Labute approximate surface area is 232 Å². The smallest absolute Gasteiger partial charge is 0.404 e. The third-order valence-corrected chi connectivity index (χ3v) is 6.69. The van der Waals surface area contributed by atoms with Gasteiger partial charge in [0.15, 0.2) is 6.26 Å². The van der Waals surface area contributed by atoms with Crippen LogP contribution in [0, 0.1) is 0 Å². The molecule has 0 spiro atoms. The first kappa shape index (κ1) is 29.5. The van der Waals surface area contributed by atoms with Crippen molar-refractivity contribution in [2.75, 3.05) is 6.54 Å². The summed E-state index contributed by atoms with van der Waals surface area (Å²) in [6.07, 6.45) is 2.99. The molecule has 0 aliphatic rings. The van der Waals surface area contributed by atoms with Crippen LogP contribution in [0.1, 0.15) is 53.2 Å². The molecule has 0 aliphatic heterocycles. The highest BCUT2D eigenvalue weighted by Crippen LogP contribution is 2.19. The quantitative estimate of drug-likeness (QED) is 0.151. The van der Waals surface area contributed by atoms with Crippen LogP contribution in [0.2, 0.25) is 5.02 Å². The first-order valence-corrected chi connectivity index (χ1v) is 13.1. The predicted molar refractivity (Wildman–Crippen MR) is 144 cm³/mol. The van der Waals surface area contributed by atoms with Crippen LogP contribution in [0.25, 0.3) is 0 Å². The highest BCUT2D eigenvalue weighted by Gasteiger charge is 2.28. The lowest BCUT2D eigenvalue weighted by atomic mass is 10.0. The second-order valence-corrected chi connectivity index (χ2v) is 9.58. The highest BCUT2D eigenvalue weighted by atomic mass is 35.5. The molecule has 3 aromatic rings. The Morgan fingerprint density at radius 1 is 1.03 bits per heavy atom. The Morgan fingerprint density at radius 2 is 1.74 bits per heavy atom. The van der Waals surface area contributed by atoms with Gasteiger partial charge in [-0.05, 0) is 48.9 Å². The number of aryl methyl sites for hydroxylation is 1. The van der Waals surface area contributed by atoms with Gasteiger partial charge in [-0.2, -0.15) is 4.57 Å². The van der Waals surface area contributed by atoms with Crippen molar-refractivity contribution in [3.63, 3.8) is 0 Å². The van der Waals surface area contributed by atoms with E-state index in [0.717, 1.165) is 11.1 Å². The van der Waals surface area contributed by atoms with Crippen molar-refractivity contribution >= 4 is 29.5 Å². The zero-order chi connectivity index (χ0) is 28.2. The molecule has 0 radical (unpaired) electrons. The highest BCUT2D eigenvalue weighted by molar-refractivity contribution is 6.31. The molecule has 39 heavy (non-hydrogen) atoms. The number of amides is 3. The molecular weight excluding hydrogens is 524 g/mol. The number of hydrogen-bond acceptors (Lipinski definition) is 5. The van der Waals surface area contributed by atoms with Crippen molar-refractivity contribution in [1.29, 1.82) is 0 Å². The van der Waals surface area contributed by atoms with Gasteiger partial charge in [-0.25, -0.2) is 4.79 Å². The fourth-order valence-electron chi connectivity index (χ4n) is 4.11. The summed E-state index contributed by atoms with van der Waals surface area (Å²) in [5.74, 6) is 0.206. The van der Waals surface area contributed by atoms with Gasteiger partial charge in [0.1, 0.15) is 12.8 Å². The van der Waals surface area contributed by atoms with Crippen molar-refractivity contribution in [1.82, 2.24) is 16.0 Å². The predicted octanol–water partition coefficient (Wildman–Crippen LogP) is 3.49. The van der Waals surface area contributed by atoms with Crippen LogP contribution in [0.5, 0.6) is 5.75 Å². The summed E-state index contributed by atoms with van der Waals surface area (Å²) >= 11 is 6.18. The van der Waals surface area contributed by atoms with Gasteiger partial charge in [0, 0.05) is 30.6 Å². The minimum Gasteiger partial charge on any atom is -0.508 e. The van der Waals surface area contributed by atoms with E-state index in [1.54, 1.807) is 29.8 Å². The molecule has 0 aliphatic carbocycles. The van der Waals surface area contributed by atoms with Crippen LogP contribution in [-0.4, -0.2) is 40.7 Å². The van der Waals surface area contributed by atoms with Gasteiger partial charge < -0.3 is 30.6 Å². The number of carboxylic acid groups (broad SMARTS) is 1. The lowest BCUT2D eigenvalue weighted by Crippen LogP contribution is -2.44. The summed E-state index contributed by atoms with van der Waals surface area (Å²) in [7, 11) is 1.72. The second kappa shape index (κ2) is 14.8. The number of hydrogen-bond donors (Lipinski definition) is 5. The number of aromatic hydroxyl groups is 1. The Kier molecular flexibility index (Phi) is 11.2. The second-order valence-electron chi connectivity index (χ2n) is 9.17. The average Bonchev–Trinajstić information content (AvgIpc) is 3.26. The number of unbranched alkanes of at least 4 members (excludes halogenated alkanes) is 1. The third kappa shape index (κ3) is 9.33. The molecule has 0 fully saturated rings. The number of halogens is 1. The molecule has 10 nitrogen and oxygen atoms in total. The van der Waals surface area contributed by atoms with E-state index in [0.29, 0.717) is 48.7 Å². The maximum atomic E-state index is 12.8. The van der Waals surface area contributed by atoms with Crippen LogP contribution in [-0.2, 0) is 31.2 Å².